The largest absolute Gasteiger partial charge is 0.507 e. The Labute approximate surface area is 196 Å². The van der Waals surface area contributed by atoms with Crippen LogP contribution in [0.5, 0.6) is 11.5 Å². The second-order valence-electron chi connectivity index (χ2n) is 7.39. The predicted octanol–water partition coefficient (Wildman–Crippen LogP) is 5.31. The van der Waals surface area contributed by atoms with Gasteiger partial charge in [0.2, 0.25) is 0 Å². The fourth-order valence-electron chi connectivity index (χ4n) is 3.65. The van der Waals surface area contributed by atoms with Crippen LogP contribution in [0.3, 0.4) is 0 Å². The number of fused-ring (bicyclic) bond motifs is 1. The molecule has 0 aliphatic rings. The molecule has 0 saturated heterocycles. The van der Waals surface area contributed by atoms with Gasteiger partial charge in [0.15, 0.2) is 5.75 Å². The molecular weight excluding hydrogens is 457 g/mol. The number of nitrogens with zero attached hydrogens (tertiary/aromatic N) is 1. The zero-order valence-electron chi connectivity index (χ0n) is 17.4. The molecule has 0 saturated carbocycles. The SMILES string of the molecule is O=c1oc2cc(-c3ccccc3)n(-c3ccc(F)cc3)c(=O)c2c(O)c1Sc1ccccc1O. The highest BCUT2D eigenvalue weighted by Gasteiger charge is 2.23. The summed E-state index contributed by atoms with van der Waals surface area (Å²) in [6.45, 7) is 0. The van der Waals surface area contributed by atoms with Crippen molar-refractivity contribution in [3.63, 3.8) is 0 Å². The van der Waals surface area contributed by atoms with Crippen LogP contribution in [0.4, 0.5) is 4.39 Å². The van der Waals surface area contributed by atoms with Gasteiger partial charge in [0, 0.05) is 11.8 Å². The monoisotopic (exact) mass is 473 g/mol. The minimum Gasteiger partial charge on any atom is -0.507 e. The topological polar surface area (TPSA) is 92.7 Å². The molecule has 34 heavy (non-hydrogen) atoms. The van der Waals surface area contributed by atoms with Gasteiger partial charge < -0.3 is 14.6 Å². The summed E-state index contributed by atoms with van der Waals surface area (Å²) < 4.78 is 20.4. The van der Waals surface area contributed by atoms with Crippen molar-refractivity contribution >= 4 is 22.7 Å². The third-order valence-electron chi connectivity index (χ3n) is 5.24. The molecule has 2 aromatic heterocycles. The van der Waals surface area contributed by atoms with Crippen LogP contribution < -0.4 is 11.2 Å². The van der Waals surface area contributed by atoms with Crippen LogP contribution in [0.15, 0.2) is 109 Å². The number of aromatic nitrogens is 1. The maximum absolute atomic E-state index is 13.7. The summed E-state index contributed by atoms with van der Waals surface area (Å²) in [5.74, 6) is -1.11. The van der Waals surface area contributed by atoms with Crippen molar-refractivity contribution in [1.29, 1.82) is 0 Å². The van der Waals surface area contributed by atoms with Crippen molar-refractivity contribution in [3.05, 3.63) is 112 Å². The van der Waals surface area contributed by atoms with Crippen LogP contribution >= 0.6 is 11.8 Å². The number of aromatic hydroxyl groups is 2. The molecule has 168 valence electrons. The quantitative estimate of drug-likeness (QED) is 0.367. The van der Waals surface area contributed by atoms with Gasteiger partial charge in [0.25, 0.3) is 5.56 Å². The lowest BCUT2D eigenvalue weighted by atomic mass is 10.1. The van der Waals surface area contributed by atoms with Gasteiger partial charge in [0.1, 0.15) is 27.4 Å². The van der Waals surface area contributed by atoms with Crippen molar-refractivity contribution in [1.82, 2.24) is 4.57 Å². The molecule has 0 fully saturated rings. The third-order valence-corrected chi connectivity index (χ3v) is 6.37. The van der Waals surface area contributed by atoms with Gasteiger partial charge in [-0.3, -0.25) is 9.36 Å². The average molecular weight is 473 g/mol. The second-order valence-corrected chi connectivity index (χ2v) is 8.44. The number of hydrogen-bond acceptors (Lipinski definition) is 6. The summed E-state index contributed by atoms with van der Waals surface area (Å²) in [4.78, 5) is 26.5. The summed E-state index contributed by atoms with van der Waals surface area (Å²) in [5.41, 5.74) is -0.174. The van der Waals surface area contributed by atoms with Crippen LogP contribution in [-0.2, 0) is 0 Å². The van der Waals surface area contributed by atoms with E-state index in [-0.39, 0.29) is 21.6 Å². The first-order chi connectivity index (χ1) is 16.4. The molecule has 5 aromatic rings. The number of halogens is 1. The molecule has 2 heterocycles. The first-order valence-electron chi connectivity index (χ1n) is 10.2. The van der Waals surface area contributed by atoms with E-state index in [0.717, 1.165) is 11.8 Å². The molecule has 0 atom stereocenters. The second kappa shape index (κ2) is 8.57. The maximum Gasteiger partial charge on any atom is 0.354 e. The third kappa shape index (κ3) is 3.74. The highest BCUT2D eigenvalue weighted by Crippen LogP contribution is 2.39. The number of phenols is 1. The van der Waals surface area contributed by atoms with Crippen molar-refractivity contribution in [3.8, 4) is 28.4 Å². The number of rotatable bonds is 4. The first kappa shape index (κ1) is 21.5. The fourth-order valence-corrected chi connectivity index (χ4v) is 4.52. The molecule has 0 unspecified atom stereocenters. The Balaban J connectivity index is 1.82. The fraction of sp³-hybridized carbons (Fsp3) is 0. The van der Waals surface area contributed by atoms with Gasteiger partial charge in [-0.15, -0.1) is 0 Å². The van der Waals surface area contributed by atoms with Crippen LogP contribution in [-0.4, -0.2) is 14.8 Å². The average Bonchev–Trinajstić information content (AvgIpc) is 2.84. The minimum absolute atomic E-state index is 0.0884. The Morgan fingerprint density at radius 1 is 0.853 bits per heavy atom. The lowest BCUT2D eigenvalue weighted by Crippen LogP contribution is -2.21. The predicted molar refractivity (Wildman–Crippen MR) is 127 cm³/mol. The summed E-state index contributed by atoms with van der Waals surface area (Å²) in [6, 6.07) is 22.1. The minimum atomic E-state index is -0.851. The molecule has 3 aromatic carbocycles. The van der Waals surface area contributed by atoms with Gasteiger partial charge >= 0.3 is 5.63 Å². The van der Waals surface area contributed by atoms with E-state index in [1.807, 2.05) is 6.07 Å². The Morgan fingerprint density at radius 2 is 1.53 bits per heavy atom. The summed E-state index contributed by atoms with van der Waals surface area (Å²) in [7, 11) is 0. The standard InChI is InChI=1S/C26H16FNO5S/c27-16-10-12-17(13-11-16)28-18(15-6-2-1-3-7-15)14-20-22(25(28)31)23(30)24(26(32)33-20)34-21-9-5-4-8-19(21)29/h1-14,29-30H. The molecule has 0 radical (unpaired) electrons. The number of phenolic OH excluding ortho intramolecular Hbond substituents is 1. The molecule has 8 heteroatoms. The number of para-hydroxylation sites is 1. The normalized spacial score (nSPS) is 11.1. The zero-order chi connectivity index (χ0) is 23.8. The first-order valence-corrected chi connectivity index (χ1v) is 11.0. The van der Waals surface area contributed by atoms with E-state index in [0.29, 0.717) is 21.8 Å². The highest BCUT2D eigenvalue weighted by molar-refractivity contribution is 7.99. The van der Waals surface area contributed by atoms with Crippen LogP contribution in [0, 0.1) is 5.82 Å². The molecule has 5 rings (SSSR count). The lowest BCUT2D eigenvalue weighted by Gasteiger charge is -2.15. The van der Waals surface area contributed by atoms with Gasteiger partial charge in [0.05, 0.1) is 10.6 Å². The van der Waals surface area contributed by atoms with Gasteiger partial charge in [-0.05, 0) is 42.0 Å². The Bertz CT molecular complexity index is 1640. The van der Waals surface area contributed by atoms with Gasteiger partial charge in [-0.2, -0.15) is 0 Å². The molecule has 0 aliphatic heterocycles. The van der Waals surface area contributed by atoms with E-state index in [9.17, 15) is 24.2 Å². The Hall–Kier alpha value is -4.30. The molecule has 0 aliphatic carbocycles. The summed E-state index contributed by atoms with van der Waals surface area (Å²) in [5, 5.41) is 20.9. The van der Waals surface area contributed by atoms with Crippen molar-refractivity contribution < 1.29 is 19.0 Å². The molecule has 0 bridgehead atoms. The summed E-state index contributed by atoms with van der Waals surface area (Å²) >= 11 is 0.791. The van der Waals surface area contributed by atoms with Crippen molar-refractivity contribution in [2.75, 3.05) is 0 Å². The smallest absolute Gasteiger partial charge is 0.354 e. The van der Waals surface area contributed by atoms with E-state index in [2.05, 4.69) is 0 Å². The molecule has 0 amide bonds. The molecule has 0 spiro atoms. The van der Waals surface area contributed by atoms with Crippen LogP contribution in [0.2, 0.25) is 0 Å². The van der Waals surface area contributed by atoms with E-state index >= 15 is 0 Å². The van der Waals surface area contributed by atoms with E-state index < -0.39 is 22.8 Å². The van der Waals surface area contributed by atoms with Crippen LogP contribution in [0.25, 0.3) is 27.9 Å². The number of pyridine rings is 1. The van der Waals surface area contributed by atoms with E-state index in [1.165, 1.54) is 41.0 Å². The molecular formula is C26H16FNO5S. The van der Waals surface area contributed by atoms with Crippen LogP contribution in [0.1, 0.15) is 0 Å². The van der Waals surface area contributed by atoms with Gasteiger partial charge in [-0.1, -0.05) is 54.2 Å². The number of benzene rings is 3. The van der Waals surface area contributed by atoms with Crippen molar-refractivity contribution in [2.24, 2.45) is 0 Å². The Morgan fingerprint density at radius 3 is 2.24 bits per heavy atom. The number of hydrogen-bond donors (Lipinski definition) is 2. The Kier molecular flexibility index (Phi) is 5.43. The van der Waals surface area contributed by atoms with Gasteiger partial charge in [-0.25, -0.2) is 9.18 Å². The maximum atomic E-state index is 13.7. The highest BCUT2D eigenvalue weighted by atomic mass is 32.2. The van der Waals surface area contributed by atoms with Crippen molar-refractivity contribution in [2.45, 2.75) is 9.79 Å². The summed E-state index contributed by atoms with van der Waals surface area (Å²) in [6.07, 6.45) is 0. The molecule has 2 N–H and O–H groups in total. The van der Waals surface area contributed by atoms with E-state index in [1.54, 1.807) is 42.5 Å². The lowest BCUT2D eigenvalue weighted by molar-refractivity contribution is 0.445. The molecule has 6 nitrogen and oxygen atoms in total. The van der Waals surface area contributed by atoms with E-state index in [4.69, 9.17) is 4.42 Å². The zero-order valence-corrected chi connectivity index (χ0v) is 18.3.